The predicted octanol–water partition coefficient (Wildman–Crippen LogP) is 5.37. The van der Waals surface area contributed by atoms with Gasteiger partial charge in [0.25, 0.3) is 0 Å². The van der Waals surface area contributed by atoms with Gasteiger partial charge in [-0.05, 0) is 92.6 Å². The van der Waals surface area contributed by atoms with E-state index >= 15 is 0 Å². The fourth-order valence-corrected chi connectivity index (χ4v) is 7.58. The lowest BCUT2D eigenvalue weighted by atomic mass is 9.73. The quantitative estimate of drug-likeness (QED) is 0.499. The molecule has 4 aliphatic rings. The maximum Gasteiger partial charge on any atom is 0.238 e. The molecule has 2 saturated carbocycles. The van der Waals surface area contributed by atoms with Gasteiger partial charge in [-0.25, -0.2) is 0 Å². The highest BCUT2D eigenvalue weighted by atomic mass is 16.2. The number of carbonyl (C=O) groups is 1. The predicted molar refractivity (Wildman–Crippen MR) is 156 cm³/mol. The third-order valence-electron chi connectivity index (χ3n) is 9.63. The fourth-order valence-electron chi connectivity index (χ4n) is 7.58. The number of anilines is 1. The lowest BCUT2D eigenvalue weighted by molar-refractivity contribution is -0.120. The third-order valence-corrected chi connectivity index (χ3v) is 9.63. The summed E-state index contributed by atoms with van der Waals surface area (Å²) in [4.78, 5) is 18.2. The van der Waals surface area contributed by atoms with Crippen LogP contribution in [0.2, 0.25) is 0 Å². The Labute approximate surface area is 228 Å². The Bertz CT molecular complexity index is 1190. The van der Waals surface area contributed by atoms with Gasteiger partial charge in [0.1, 0.15) is 0 Å². The van der Waals surface area contributed by atoms with E-state index in [4.69, 9.17) is 0 Å². The van der Waals surface area contributed by atoms with Gasteiger partial charge >= 0.3 is 0 Å². The Balaban J connectivity index is 1.10. The van der Waals surface area contributed by atoms with Crippen molar-refractivity contribution in [3.05, 3.63) is 71.3 Å². The molecule has 6 atom stereocenters. The Morgan fingerprint density at radius 2 is 1.87 bits per heavy atom. The second-order valence-corrected chi connectivity index (χ2v) is 12.9. The van der Waals surface area contributed by atoms with Gasteiger partial charge in [-0.15, -0.1) is 0 Å². The Morgan fingerprint density at radius 1 is 1.08 bits per heavy atom. The number of rotatable bonds is 8. The molecule has 2 N–H and O–H groups in total. The number of para-hydroxylation sites is 1. The maximum absolute atomic E-state index is 13.9. The molecule has 5 heteroatoms. The van der Waals surface area contributed by atoms with Gasteiger partial charge in [-0.2, -0.15) is 0 Å². The van der Waals surface area contributed by atoms with Crippen LogP contribution in [0.15, 0.2) is 54.6 Å². The fraction of sp³-hybridized carbons (Fsp3) is 0.545. The standard InChI is InChI=1S/C33H44N4O/c1-22(2)17-18-37-31-8-6-5-7-27(31)33(32(37)38)20-28(33)25-14-15-26-29(34-35-30(26)19-25)16-13-23-9-11-24(12-10-23)21-36(3)4/h5-13,16,22,25-26,28-30,34-35H,14-15,17-21H2,1-4H3/b16-13+/t25?,26?,28-,29?,30?,33-/m0/s1. The van der Waals surface area contributed by atoms with Crippen molar-refractivity contribution < 1.29 is 4.79 Å². The summed E-state index contributed by atoms with van der Waals surface area (Å²) in [5, 5.41) is 0. The van der Waals surface area contributed by atoms with Crippen molar-refractivity contribution in [3.63, 3.8) is 0 Å². The van der Waals surface area contributed by atoms with E-state index in [0.29, 0.717) is 41.7 Å². The van der Waals surface area contributed by atoms with Gasteiger partial charge in [0.05, 0.1) is 5.41 Å². The van der Waals surface area contributed by atoms with Gasteiger partial charge < -0.3 is 9.80 Å². The molecule has 0 bridgehead atoms. The average molecular weight is 513 g/mol. The molecular formula is C33H44N4O. The molecule has 2 aliphatic heterocycles. The Morgan fingerprint density at radius 3 is 2.63 bits per heavy atom. The van der Waals surface area contributed by atoms with Crippen molar-refractivity contribution in [1.82, 2.24) is 15.8 Å². The molecule has 1 saturated heterocycles. The highest BCUT2D eigenvalue weighted by molar-refractivity contribution is 6.10. The highest BCUT2D eigenvalue weighted by Gasteiger charge is 2.68. The van der Waals surface area contributed by atoms with Crippen LogP contribution in [0.1, 0.15) is 62.6 Å². The average Bonchev–Trinajstić information content (AvgIpc) is 3.46. The zero-order valence-corrected chi connectivity index (χ0v) is 23.5. The Kier molecular flexibility index (Phi) is 6.96. The van der Waals surface area contributed by atoms with E-state index in [0.717, 1.165) is 32.4 Å². The normalized spacial score (nSPS) is 32.1. The van der Waals surface area contributed by atoms with Crippen LogP contribution < -0.4 is 15.8 Å². The monoisotopic (exact) mass is 512 g/mol. The molecule has 3 fully saturated rings. The number of nitrogens with zero attached hydrogens (tertiary/aromatic N) is 2. The lowest BCUT2D eigenvalue weighted by Gasteiger charge is -2.33. The van der Waals surface area contributed by atoms with Crippen LogP contribution in [-0.2, 0) is 16.8 Å². The van der Waals surface area contributed by atoms with Crippen LogP contribution in [-0.4, -0.2) is 43.5 Å². The molecule has 0 aromatic heterocycles. The van der Waals surface area contributed by atoms with Crippen LogP contribution in [0.5, 0.6) is 0 Å². The number of benzene rings is 2. The molecule has 38 heavy (non-hydrogen) atoms. The summed E-state index contributed by atoms with van der Waals surface area (Å²) >= 11 is 0. The molecule has 1 spiro atoms. The van der Waals surface area contributed by atoms with Crippen molar-refractivity contribution in [2.24, 2.45) is 23.7 Å². The van der Waals surface area contributed by atoms with E-state index in [1.54, 1.807) is 0 Å². The van der Waals surface area contributed by atoms with Crippen LogP contribution in [0.4, 0.5) is 5.69 Å². The van der Waals surface area contributed by atoms with Crippen molar-refractivity contribution in [2.45, 2.75) is 70.0 Å². The first kappa shape index (κ1) is 25.8. The van der Waals surface area contributed by atoms with Crippen molar-refractivity contribution in [2.75, 3.05) is 25.5 Å². The van der Waals surface area contributed by atoms with Gasteiger partial charge in [0, 0.05) is 30.9 Å². The summed E-state index contributed by atoms with van der Waals surface area (Å²) < 4.78 is 0. The van der Waals surface area contributed by atoms with E-state index in [1.165, 1.54) is 35.2 Å². The summed E-state index contributed by atoms with van der Waals surface area (Å²) in [6.07, 6.45) is 10.3. The van der Waals surface area contributed by atoms with Crippen LogP contribution >= 0.6 is 0 Å². The van der Waals surface area contributed by atoms with Crippen LogP contribution in [0.25, 0.3) is 6.08 Å². The number of hydrogen-bond acceptors (Lipinski definition) is 4. The minimum Gasteiger partial charge on any atom is -0.311 e. The first-order chi connectivity index (χ1) is 18.4. The first-order valence-electron chi connectivity index (χ1n) is 14.7. The number of nitrogens with one attached hydrogen (secondary N) is 2. The minimum atomic E-state index is -0.255. The molecule has 2 aromatic rings. The molecule has 6 rings (SSSR count). The van der Waals surface area contributed by atoms with Crippen molar-refractivity contribution in [3.8, 4) is 0 Å². The van der Waals surface area contributed by atoms with E-state index in [2.05, 4.69) is 109 Å². The van der Waals surface area contributed by atoms with Gasteiger partial charge in [0.15, 0.2) is 0 Å². The second kappa shape index (κ2) is 10.3. The Hall–Kier alpha value is -2.47. The topological polar surface area (TPSA) is 47.6 Å². The zero-order chi connectivity index (χ0) is 26.4. The highest BCUT2D eigenvalue weighted by Crippen LogP contribution is 2.66. The molecular weight excluding hydrogens is 468 g/mol. The van der Waals surface area contributed by atoms with Gasteiger partial charge in [0.2, 0.25) is 5.91 Å². The minimum absolute atomic E-state index is 0.255. The maximum atomic E-state index is 13.9. The van der Waals surface area contributed by atoms with E-state index < -0.39 is 0 Å². The summed E-state index contributed by atoms with van der Waals surface area (Å²) in [5.74, 6) is 2.68. The SMILES string of the molecule is CC(C)CCN1C(=O)[C@@]2(C[C@H]2C2CCC3C(/C=C/c4ccc(CN(C)C)cc4)NNC3C2)c2ccccc21. The van der Waals surface area contributed by atoms with Gasteiger partial charge in [-0.1, -0.05) is 68.5 Å². The van der Waals surface area contributed by atoms with Crippen LogP contribution in [0.3, 0.4) is 0 Å². The number of fused-ring (bicyclic) bond motifs is 3. The lowest BCUT2D eigenvalue weighted by Crippen LogP contribution is -2.39. The molecule has 1 amide bonds. The molecule has 0 radical (unpaired) electrons. The smallest absolute Gasteiger partial charge is 0.238 e. The number of carbonyl (C=O) groups excluding carboxylic acids is 1. The zero-order valence-electron chi connectivity index (χ0n) is 23.5. The van der Waals surface area contributed by atoms with Crippen molar-refractivity contribution in [1.29, 1.82) is 0 Å². The summed E-state index contributed by atoms with van der Waals surface area (Å²) in [6, 6.07) is 18.4. The molecule has 5 nitrogen and oxygen atoms in total. The molecule has 2 aliphatic carbocycles. The van der Waals surface area contributed by atoms with Crippen LogP contribution in [0, 0.1) is 23.7 Å². The second-order valence-electron chi connectivity index (χ2n) is 12.9. The molecule has 2 aromatic carbocycles. The van der Waals surface area contributed by atoms with E-state index in [1.807, 2.05) is 0 Å². The number of hydrogen-bond donors (Lipinski definition) is 2. The molecule has 202 valence electrons. The molecule has 2 heterocycles. The molecule has 4 unspecified atom stereocenters. The number of amides is 1. The number of hydrazine groups is 1. The largest absolute Gasteiger partial charge is 0.311 e. The first-order valence-corrected chi connectivity index (χ1v) is 14.7. The summed E-state index contributed by atoms with van der Waals surface area (Å²) in [5.41, 5.74) is 12.0. The van der Waals surface area contributed by atoms with E-state index in [9.17, 15) is 4.79 Å². The summed E-state index contributed by atoms with van der Waals surface area (Å²) in [6.45, 7) is 6.30. The van der Waals surface area contributed by atoms with E-state index in [-0.39, 0.29) is 5.41 Å². The van der Waals surface area contributed by atoms with Gasteiger partial charge in [-0.3, -0.25) is 15.6 Å². The van der Waals surface area contributed by atoms with Crippen molar-refractivity contribution >= 4 is 17.7 Å². The third kappa shape index (κ3) is 4.63. The summed E-state index contributed by atoms with van der Waals surface area (Å²) in [7, 11) is 4.21.